The fourth-order valence-corrected chi connectivity index (χ4v) is 3.63. The number of rotatable bonds is 3. The number of carbonyl (C=O) groups is 3. The van der Waals surface area contributed by atoms with Gasteiger partial charge in [-0.05, 0) is 35.9 Å². The summed E-state index contributed by atoms with van der Waals surface area (Å²) in [5.74, 6) is -2.88. The summed E-state index contributed by atoms with van der Waals surface area (Å²) in [6, 6.07) is 12.1. The molecular formula is C22H22BrF3N6O4. The smallest absolute Gasteiger partial charge is 0.475 e. The Labute approximate surface area is 211 Å². The van der Waals surface area contributed by atoms with Gasteiger partial charge in [0.1, 0.15) is 6.04 Å². The molecule has 2 aromatic carbocycles. The number of nitrogens with one attached hydrogen (secondary N) is 2. The predicted molar refractivity (Wildman–Crippen MR) is 128 cm³/mol. The fourth-order valence-electron chi connectivity index (χ4n) is 3.36. The summed E-state index contributed by atoms with van der Waals surface area (Å²) in [7, 11) is 0. The topological polar surface area (TPSA) is 145 Å². The van der Waals surface area contributed by atoms with Crippen LogP contribution in [0.5, 0.6) is 0 Å². The normalized spacial score (nSPS) is 14.6. The van der Waals surface area contributed by atoms with Crippen LogP contribution in [0, 0.1) is 0 Å². The van der Waals surface area contributed by atoms with Crippen molar-refractivity contribution < 1.29 is 32.7 Å². The molecule has 0 radical (unpaired) electrons. The number of fused-ring (bicyclic) bond motifs is 1. The molecule has 10 nitrogen and oxygen atoms in total. The molecule has 1 unspecified atom stereocenters. The van der Waals surface area contributed by atoms with Crippen molar-refractivity contribution in [3.05, 3.63) is 58.7 Å². The SMILES string of the molecule is NC(C(=O)N1CCN(C(=O)Nc2ccc3[nH]ncc3c2)CC1)c1ccc(Br)cc1.O=C(O)C(F)(F)F. The van der Waals surface area contributed by atoms with Crippen LogP contribution in [-0.2, 0) is 9.59 Å². The number of carboxylic acids is 1. The summed E-state index contributed by atoms with van der Waals surface area (Å²) in [6.45, 7) is 1.83. The molecule has 0 bridgehead atoms. The van der Waals surface area contributed by atoms with Crippen molar-refractivity contribution in [3.8, 4) is 0 Å². The van der Waals surface area contributed by atoms with Crippen molar-refractivity contribution in [2.45, 2.75) is 12.2 Å². The van der Waals surface area contributed by atoms with E-state index in [0.29, 0.717) is 31.9 Å². The molecule has 1 aliphatic rings. The van der Waals surface area contributed by atoms with E-state index in [9.17, 15) is 22.8 Å². The minimum Gasteiger partial charge on any atom is -0.475 e. The highest BCUT2D eigenvalue weighted by molar-refractivity contribution is 9.10. The quantitative estimate of drug-likeness (QED) is 0.380. The lowest BCUT2D eigenvalue weighted by Gasteiger charge is -2.35. The van der Waals surface area contributed by atoms with E-state index in [0.717, 1.165) is 20.9 Å². The Hall–Kier alpha value is -3.65. The molecule has 0 aliphatic carbocycles. The van der Waals surface area contributed by atoms with E-state index in [1.807, 2.05) is 42.5 Å². The number of nitrogens with two attached hydrogens (primary N) is 1. The minimum absolute atomic E-state index is 0.127. The number of aromatic amines is 1. The first kappa shape index (κ1) is 26.9. The van der Waals surface area contributed by atoms with E-state index in [1.165, 1.54) is 0 Å². The molecule has 1 saturated heterocycles. The van der Waals surface area contributed by atoms with E-state index >= 15 is 0 Å². The van der Waals surface area contributed by atoms with Crippen molar-refractivity contribution in [2.24, 2.45) is 5.73 Å². The van der Waals surface area contributed by atoms with Gasteiger partial charge >= 0.3 is 18.2 Å². The zero-order valence-corrected chi connectivity index (χ0v) is 20.2. The molecule has 5 N–H and O–H groups in total. The highest BCUT2D eigenvalue weighted by Gasteiger charge is 2.38. The average molecular weight is 571 g/mol. The average Bonchev–Trinajstić information content (AvgIpc) is 3.31. The second-order valence-corrected chi connectivity index (χ2v) is 8.66. The lowest BCUT2D eigenvalue weighted by atomic mass is 10.1. The molecule has 3 amide bonds. The van der Waals surface area contributed by atoms with E-state index in [4.69, 9.17) is 15.6 Å². The largest absolute Gasteiger partial charge is 0.490 e. The van der Waals surface area contributed by atoms with Crippen LogP contribution in [0.15, 0.2) is 53.1 Å². The Morgan fingerprint density at radius 1 is 1.06 bits per heavy atom. The van der Waals surface area contributed by atoms with Gasteiger partial charge in [0.05, 0.1) is 11.7 Å². The van der Waals surface area contributed by atoms with Crippen LogP contribution in [0.1, 0.15) is 11.6 Å². The van der Waals surface area contributed by atoms with Crippen LogP contribution < -0.4 is 11.1 Å². The van der Waals surface area contributed by atoms with Gasteiger partial charge in [0.2, 0.25) is 5.91 Å². The van der Waals surface area contributed by atoms with Crippen LogP contribution >= 0.6 is 15.9 Å². The first-order valence-corrected chi connectivity index (χ1v) is 11.3. The number of hydrogen-bond acceptors (Lipinski definition) is 5. The van der Waals surface area contributed by atoms with Crippen LogP contribution in [0.2, 0.25) is 0 Å². The van der Waals surface area contributed by atoms with Crippen molar-refractivity contribution in [2.75, 3.05) is 31.5 Å². The zero-order valence-electron chi connectivity index (χ0n) is 18.6. The molecule has 4 rings (SSSR count). The van der Waals surface area contributed by atoms with Gasteiger partial charge in [-0.2, -0.15) is 18.3 Å². The number of aromatic nitrogens is 2. The van der Waals surface area contributed by atoms with Crippen molar-refractivity contribution in [1.29, 1.82) is 0 Å². The van der Waals surface area contributed by atoms with E-state index in [2.05, 4.69) is 31.4 Å². The molecule has 3 aromatic rings. The Morgan fingerprint density at radius 2 is 1.64 bits per heavy atom. The summed E-state index contributed by atoms with van der Waals surface area (Å²) in [5.41, 5.74) is 8.54. The molecule has 192 valence electrons. The van der Waals surface area contributed by atoms with Crippen molar-refractivity contribution in [1.82, 2.24) is 20.0 Å². The van der Waals surface area contributed by atoms with Gasteiger partial charge in [0.15, 0.2) is 0 Å². The van der Waals surface area contributed by atoms with Gasteiger partial charge in [0, 0.05) is 41.7 Å². The number of benzene rings is 2. The van der Waals surface area contributed by atoms with Gasteiger partial charge in [-0.25, -0.2) is 9.59 Å². The van der Waals surface area contributed by atoms with Crippen LogP contribution in [0.25, 0.3) is 10.9 Å². The van der Waals surface area contributed by atoms with Crippen molar-refractivity contribution in [3.63, 3.8) is 0 Å². The van der Waals surface area contributed by atoms with E-state index in [-0.39, 0.29) is 11.9 Å². The standard InChI is InChI=1S/C20H21BrN6O2.C2HF3O2/c21-15-3-1-13(2-4-15)18(22)19(28)26-7-9-27(10-8-26)20(29)24-16-5-6-17-14(11-16)12-23-25-17;3-2(4,5)1(6)7/h1-6,11-12,18H,7-10,22H2,(H,23,25)(H,24,29);(H,6,7). The fraction of sp³-hybridized carbons (Fsp3) is 0.273. The Bertz CT molecular complexity index is 1230. The lowest BCUT2D eigenvalue weighted by molar-refractivity contribution is -0.192. The summed E-state index contributed by atoms with van der Waals surface area (Å²) in [6.07, 6.45) is -3.37. The van der Waals surface area contributed by atoms with Gasteiger partial charge in [-0.3, -0.25) is 9.89 Å². The number of urea groups is 1. The molecular weight excluding hydrogens is 549 g/mol. The number of anilines is 1. The van der Waals surface area contributed by atoms with Crippen LogP contribution in [0.4, 0.5) is 23.7 Å². The maximum absolute atomic E-state index is 12.7. The lowest BCUT2D eigenvalue weighted by Crippen LogP contribution is -2.53. The van der Waals surface area contributed by atoms with Crippen LogP contribution in [0.3, 0.4) is 0 Å². The molecule has 0 saturated carbocycles. The molecule has 1 fully saturated rings. The molecule has 2 heterocycles. The molecule has 1 atom stereocenters. The Morgan fingerprint density at radius 3 is 2.22 bits per heavy atom. The third-order valence-electron chi connectivity index (χ3n) is 5.31. The Balaban J connectivity index is 0.000000454. The van der Waals surface area contributed by atoms with Crippen LogP contribution in [-0.4, -0.2) is 75.4 Å². The Kier molecular flexibility index (Phi) is 8.53. The summed E-state index contributed by atoms with van der Waals surface area (Å²) >= 11 is 3.38. The summed E-state index contributed by atoms with van der Waals surface area (Å²) in [5, 5.41) is 17.8. The minimum atomic E-state index is -5.08. The maximum Gasteiger partial charge on any atom is 0.490 e. The number of halogens is 4. The number of carbonyl (C=O) groups excluding carboxylic acids is 2. The van der Waals surface area contributed by atoms with Gasteiger partial charge < -0.3 is 26.0 Å². The second kappa shape index (κ2) is 11.4. The van der Waals surface area contributed by atoms with Gasteiger partial charge in [-0.15, -0.1) is 0 Å². The van der Waals surface area contributed by atoms with E-state index < -0.39 is 18.2 Å². The van der Waals surface area contributed by atoms with Crippen molar-refractivity contribution >= 4 is 50.4 Å². The molecule has 1 aromatic heterocycles. The number of nitrogens with zero attached hydrogens (tertiary/aromatic N) is 3. The number of hydrogen-bond donors (Lipinski definition) is 4. The molecule has 0 spiro atoms. The number of carboxylic acid groups (broad SMARTS) is 1. The maximum atomic E-state index is 12.7. The highest BCUT2D eigenvalue weighted by atomic mass is 79.9. The second-order valence-electron chi connectivity index (χ2n) is 7.75. The van der Waals surface area contributed by atoms with Gasteiger partial charge in [0.25, 0.3) is 0 Å². The third kappa shape index (κ3) is 6.95. The number of H-pyrrole nitrogens is 1. The van der Waals surface area contributed by atoms with E-state index in [1.54, 1.807) is 16.0 Å². The zero-order chi connectivity index (χ0) is 26.5. The summed E-state index contributed by atoms with van der Waals surface area (Å²) in [4.78, 5) is 37.6. The summed E-state index contributed by atoms with van der Waals surface area (Å²) < 4.78 is 32.7. The molecule has 14 heteroatoms. The third-order valence-corrected chi connectivity index (χ3v) is 5.84. The number of aliphatic carboxylic acids is 1. The molecule has 36 heavy (non-hydrogen) atoms. The first-order valence-electron chi connectivity index (χ1n) is 10.5. The molecule has 1 aliphatic heterocycles. The van der Waals surface area contributed by atoms with Gasteiger partial charge in [-0.1, -0.05) is 28.1 Å². The first-order chi connectivity index (χ1) is 17.0. The number of alkyl halides is 3. The number of amides is 3. The predicted octanol–water partition coefficient (Wildman–Crippen LogP) is 3.33. The highest BCUT2D eigenvalue weighted by Crippen LogP contribution is 2.20. The monoisotopic (exact) mass is 570 g/mol. The number of piperazine rings is 1.